The third kappa shape index (κ3) is 4.25. The number of phenols is 1. The summed E-state index contributed by atoms with van der Waals surface area (Å²) in [5, 5.41) is 44.3. The van der Waals surface area contributed by atoms with E-state index in [4.69, 9.17) is 5.73 Å². The van der Waals surface area contributed by atoms with Crippen molar-refractivity contribution in [2.24, 2.45) is 17.6 Å². The summed E-state index contributed by atoms with van der Waals surface area (Å²) in [5.41, 5.74) is -2.03. The van der Waals surface area contributed by atoms with Crippen LogP contribution < -0.4 is 5.73 Å². The zero-order chi connectivity index (χ0) is 30.1. The van der Waals surface area contributed by atoms with Gasteiger partial charge in [-0.05, 0) is 57.1 Å². The summed E-state index contributed by atoms with van der Waals surface area (Å²) >= 11 is 0. The zero-order valence-electron chi connectivity index (χ0n) is 21.8. The molecule has 0 radical (unpaired) electrons. The second kappa shape index (κ2) is 9.85. The van der Waals surface area contributed by atoms with Gasteiger partial charge in [0.15, 0.2) is 11.4 Å². The van der Waals surface area contributed by atoms with Gasteiger partial charge in [0.1, 0.15) is 29.5 Å². The van der Waals surface area contributed by atoms with E-state index in [1.54, 1.807) is 0 Å². The molecule has 0 aromatic heterocycles. The van der Waals surface area contributed by atoms with Gasteiger partial charge in [-0.3, -0.25) is 24.2 Å². The number of amides is 1. The number of Topliss-reactive ketones (excluding diaryl/α,β-unsaturated/α-hetero) is 2. The fourth-order valence-electron chi connectivity index (χ4n) is 6.38. The van der Waals surface area contributed by atoms with E-state index >= 15 is 0 Å². The SMILES string of the molecule is CN(CCF)Cc1cc(O)c2c(c1C(F)(F)F)C[C@H]1C[C@H]3[C@H](N(C)C)C(O)=C(C(N)=O)C(=O)[C@@]3(O)C(O)=C1C2=O. The van der Waals surface area contributed by atoms with E-state index < -0.39 is 105 Å². The number of likely N-dealkylation sites (N-methyl/N-ethyl adjacent to an activating group) is 1. The standard InChI is InChI=1S/C26H29F4N3O7/c1-32(2)19-13-7-10-6-12-16(14(34)8-11(9-33(3)5-4-27)18(12)26(28,29)30)20(35)15(10)22(37)25(13,40)23(38)17(21(19)36)24(31)39/h8,10,13,19,34,36-37,40H,4-7,9H2,1-3H3,(H2,31,39)/t10-,13-,19-,25-/m0/s1. The van der Waals surface area contributed by atoms with Gasteiger partial charge in [0.05, 0.1) is 17.2 Å². The van der Waals surface area contributed by atoms with Crippen molar-refractivity contribution in [1.82, 2.24) is 9.80 Å². The number of aromatic hydroxyl groups is 1. The summed E-state index contributed by atoms with van der Waals surface area (Å²) in [5.74, 6) is -9.38. The van der Waals surface area contributed by atoms with E-state index in [1.807, 2.05) is 0 Å². The summed E-state index contributed by atoms with van der Waals surface area (Å²) < 4.78 is 56.1. The van der Waals surface area contributed by atoms with Gasteiger partial charge in [0.25, 0.3) is 5.91 Å². The highest BCUT2D eigenvalue weighted by molar-refractivity contribution is 6.24. The Kier molecular flexibility index (Phi) is 7.27. The molecule has 0 heterocycles. The average Bonchev–Trinajstić information content (AvgIpc) is 2.80. The Morgan fingerprint density at radius 3 is 2.33 bits per heavy atom. The lowest BCUT2D eigenvalue weighted by Gasteiger charge is -2.50. The smallest absolute Gasteiger partial charge is 0.417 e. The van der Waals surface area contributed by atoms with Gasteiger partial charge < -0.3 is 26.2 Å². The first-order valence-electron chi connectivity index (χ1n) is 12.3. The van der Waals surface area contributed by atoms with Crippen molar-refractivity contribution >= 4 is 17.5 Å². The molecule has 10 nitrogen and oxygen atoms in total. The molecule has 0 aliphatic heterocycles. The Morgan fingerprint density at radius 2 is 1.80 bits per heavy atom. The van der Waals surface area contributed by atoms with Crippen molar-refractivity contribution in [2.45, 2.75) is 37.2 Å². The molecule has 6 N–H and O–H groups in total. The quantitative estimate of drug-likeness (QED) is 0.252. The summed E-state index contributed by atoms with van der Waals surface area (Å²) in [7, 11) is 4.27. The zero-order valence-corrected chi connectivity index (χ0v) is 21.8. The van der Waals surface area contributed by atoms with Crippen molar-refractivity contribution in [3.8, 4) is 5.75 Å². The predicted octanol–water partition coefficient (Wildman–Crippen LogP) is 1.54. The molecule has 1 aromatic rings. The number of alkyl halides is 4. The molecular weight excluding hydrogens is 542 g/mol. The number of allylic oxidation sites excluding steroid dienone is 1. The third-order valence-electron chi connectivity index (χ3n) is 8.00. The van der Waals surface area contributed by atoms with Crippen LogP contribution in [-0.4, -0.2) is 93.7 Å². The highest BCUT2D eigenvalue weighted by atomic mass is 19.4. The number of carbonyl (C=O) groups excluding carboxylic acids is 3. The van der Waals surface area contributed by atoms with E-state index in [0.29, 0.717) is 0 Å². The maximum atomic E-state index is 14.4. The first-order chi connectivity index (χ1) is 18.5. The maximum Gasteiger partial charge on any atom is 0.417 e. The topological polar surface area (TPSA) is 165 Å². The van der Waals surface area contributed by atoms with E-state index in [2.05, 4.69) is 0 Å². The van der Waals surface area contributed by atoms with E-state index in [1.165, 1.54) is 30.9 Å². The highest BCUT2D eigenvalue weighted by Gasteiger charge is 2.63. The van der Waals surface area contributed by atoms with Gasteiger partial charge in [-0.1, -0.05) is 0 Å². The van der Waals surface area contributed by atoms with Crippen LogP contribution in [0.2, 0.25) is 0 Å². The molecule has 40 heavy (non-hydrogen) atoms. The fraction of sp³-hybridized carbons (Fsp3) is 0.500. The van der Waals surface area contributed by atoms with Gasteiger partial charge in [-0.2, -0.15) is 13.2 Å². The Hall–Kier alpha value is -3.49. The predicted molar refractivity (Wildman–Crippen MR) is 131 cm³/mol. The van der Waals surface area contributed by atoms with Gasteiger partial charge in [-0.15, -0.1) is 0 Å². The third-order valence-corrected chi connectivity index (χ3v) is 8.00. The number of halogens is 4. The second-order valence-corrected chi connectivity index (χ2v) is 10.7. The number of ketones is 2. The Bertz CT molecular complexity index is 1370. The van der Waals surface area contributed by atoms with Crippen LogP contribution in [0.25, 0.3) is 0 Å². The number of nitrogens with zero attached hydrogens (tertiary/aromatic N) is 2. The minimum absolute atomic E-state index is 0.179. The number of primary amides is 1. The lowest BCUT2D eigenvalue weighted by Crippen LogP contribution is -2.63. The number of hydrogen-bond donors (Lipinski definition) is 5. The number of aliphatic hydroxyl groups excluding tert-OH is 2. The van der Waals surface area contributed by atoms with Crippen molar-refractivity contribution < 1.29 is 52.4 Å². The normalized spacial score (nSPS) is 26.8. The van der Waals surface area contributed by atoms with Crippen LogP contribution in [0.15, 0.2) is 28.7 Å². The van der Waals surface area contributed by atoms with Gasteiger partial charge in [0, 0.05) is 24.6 Å². The molecule has 4 rings (SSSR count). The van der Waals surface area contributed by atoms with Crippen molar-refractivity contribution in [1.29, 1.82) is 0 Å². The first kappa shape index (κ1) is 29.5. The molecule has 0 unspecified atom stereocenters. The number of aliphatic hydroxyl groups is 3. The molecule has 0 fully saturated rings. The molecular formula is C26H29F4N3O7. The molecule has 1 aromatic carbocycles. The fourth-order valence-corrected chi connectivity index (χ4v) is 6.38. The Morgan fingerprint density at radius 1 is 1.18 bits per heavy atom. The minimum Gasteiger partial charge on any atom is -0.510 e. The number of carbonyl (C=O) groups is 3. The van der Waals surface area contributed by atoms with Crippen molar-refractivity contribution in [3.63, 3.8) is 0 Å². The largest absolute Gasteiger partial charge is 0.510 e. The van der Waals surface area contributed by atoms with Crippen LogP contribution in [-0.2, 0) is 28.7 Å². The van der Waals surface area contributed by atoms with Crippen LogP contribution in [0, 0.1) is 11.8 Å². The highest BCUT2D eigenvalue weighted by Crippen LogP contribution is 2.53. The molecule has 218 valence electrons. The van der Waals surface area contributed by atoms with Gasteiger partial charge in [0.2, 0.25) is 5.78 Å². The molecule has 0 bridgehead atoms. The van der Waals surface area contributed by atoms with Gasteiger partial charge in [-0.25, -0.2) is 4.39 Å². The molecule has 0 saturated carbocycles. The summed E-state index contributed by atoms with van der Waals surface area (Å²) in [4.78, 5) is 41.5. The van der Waals surface area contributed by atoms with Crippen LogP contribution in [0.5, 0.6) is 5.75 Å². The molecule has 3 aliphatic rings. The number of hydrogen-bond acceptors (Lipinski definition) is 9. The Balaban J connectivity index is 1.96. The van der Waals surface area contributed by atoms with Crippen LogP contribution >= 0.6 is 0 Å². The van der Waals surface area contributed by atoms with E-state index in [0.717, 1.165) is 6.07 Å². The Labute approximate surface area is 226 Å². The number of phenolic OH excluding ortho intramolecular Hbond substituents is 1. The van der Waals surface area contributed by atoms with E-state index in [-0.39, 0.29) is 25.1 Å². The van der Waals surface area contributed by atoms with E-state index in [9.17, 15) is 52.4 Å². The first-order valence-corrected chi connectivity index (χ1v) is 12.3. The lowest BCUT2D eigenvalue weighted by atomic mass is 9.58. The molecule has 1 amide bonds. The summed E-state index contributed by atoms with van der Waals surface area (Å²) in [6.07, 6.45) is -5.85. The summed E-state index contributed by atoms with van der Waals surface area (Å²) in [6.45, 7) is -1.39. The van der Waals surface area contributed by atoms with Crippen LogP contribution in [0.4, 0.5) is 17.6 Å². The average molecular weight is 572 g/mol. The molecule has 0 saturated heterocycles. The molecule has 4 atom stereocenters. The molecule has 3 aliphatic carbocycles. The molecule has 14 heteroatoms. The number of nitrogens with two attached hydrogens (primary N) is 1. The van der Waals surface area contributed by atoms with Gasteiger partial charge >= 0.3 is 6.18 Å². The number of fused-ring (bicyclic) bond motifs is 3. The van der Waals surface area contributed by atoms with Crippen LogP contribution in [0.3, 0.4) is 0 Å². The van der Waals surface area contributed by atoms with Crippen molar-refractivity contribution in [3.05, 3.63) is 51.0 Å². The summed E-state index contributed by atoms with van der Waals surface area (Å²) in [6, 6.07) is -0.520. The lowest BCUT2D eigenvalue weighted by molar-refractivity contribution is -0.148. The maximum absolute atomic E-state index is 14.4. The number of rotatable bonds is 6. The van der Waals surface area contributed by atoms with Crippen molar-refractivity contribution in [2.75, 3.05) is 34.4 Å². The molecule has 0 spiro atoms. The van der Waals surface area contributed by atoms with Crippen LogP contribution in [0.1, 0.15) is 33.5 Å². The monoisotopic (exact) mass is 571 g/mol. The second-order valence-electron chi connectivity index (χ2n) is 10.7. The minimum atomic E-state index is -4.98. The number of benzene rings is 1.